The van der Waals surface area contributed by atoms with E-state index in [1.807, 2.05) is 4.90 Å². The van der Waals surface area contributed by atoms with Crippen LogP contribution in [0.25, 0.3) is 11.0 Å². The molecule has 0 unspecified atom stereocenters. The monoisotopic (exact) mass is 444 g/mol. The molecule has 9 nitrogen and oxygen atoms in total. The van der Waals surface area contributed by atoms with Gasteiger partial charge in [-0.3, -0.25) is 4.90 Å². The average molecular weight is 444 g/mol. The van der Waals surface area contributed by atoms with Crippen LogP contribution in [0.2, 0.25) is 0 Å². The lowest BCUT2D eigenvalue weighted by atomic mass is 10.3. The lowest BCUT2D eigenvalue weighted by Crippen LogP contribution is -2.48. The van der Waals surface area contributed by atoms with E-state index in [2.05, 4.69) is 15.0 Å². The number of halogens is 3. The SMILES string of the molecule is O=c1[nH]c2ccc(S(=O)(=O)N3CCN(Cc4nccn4CC(F)(F)F)CC3)cc2[nH]1. The number of piperazine rings is 1. The first-order chi connectivity index (χ1) is 14.1. The molecule has 0 spiro atoms. The maximum atomic E-state index is 12.9. The summed E-state index contributed by atoms with van der Waals surface area (Å²) in [6.07, 6.45) is -1.73. The second kappa shape index (κ2) is 7.56. The largest absolute Gasteiger partial charge is 0.406 e. The summed E-state index contributed by atoms with van der Waals surface area (Å²) in [6, 6.07) is 4.36. The van der Waals surface area contributed by atoms with Crippen LogP contribution in [0.1, 0.15) is 5.82 Å². The Morgan fingerprint density at radius 1 is 1.07 bits per heavy atom. The maximum Gasteiger partial charge on any atom is 0.406 e. The molecule has 0 radical (unpaired) electrons. The summed E-state index contributed by atoms with van der Waals surface area (Å²) < 4.78 is 66.2. The Balaban J connectivity index is 1.42. The fourth-order valence-corrected chi connectivity index (χ4v) is 4.93. The first-order valence-electron chi connectivity index (χ1n) is 9.13. The molecule has 2 aromatic heterocycles. The first kappa shape index (κ1) is 20.6. The Morgan fingerprint density at radius 2 is 1.77 bits per heavy atom. The number of hydrogen-bond donors (Lipinski definition) is 2. The number of alkyl halides is 3. The van der Waals surface area contributed by atoms with Crippen molar-refractivity contribution in [2.45, 2.75) is 24.2 Å². The molecule has 0 amide bonds. The molecule has 0 saturated carbocycles. The second-order valence-corrected chi connectivity index (χ2v) is 8.99. The lowest BCUT2D eigenvalue weighted by Gasteiger charge is -2.33. The molecule has 30 heavy (non-hydrogen) atoms. The molecular formula is C17H19F3N6O3S. The van der Waals surface area contributed by atoms with Crippen molar-refractivity contribution < 1.29 is 21.6 Å². The van der Waals surface area contributed by atoms with Gasteiger partial charge in [0.1, 0.15) is 12.4 Å². The van der Waals surface area contributed by atoms with Crippen molar-refractivity contribution in [3.8, 4) is 0 Å². The van der Waals surface area contributed by atoms with E-state index in [4.69, 9.17) is 0 Å². The Bertz CT molecular complexity index is 1210. The molecule has 4 rings (SSSR count). The van der Waals surface area contributed by atoms with Crippen molar-refractivity contribution in [1.29, 1.82) is 0 Å². The Morgan fingerprint density at radius 3 is 2.47 bits per heavy atom. The van der Waals surface area contributed by atoms with Crippen LogP contribution >= 0.6 is 0 Å². The standard InChI is InChI=1S/C17H19F3N6O3S/c18-17(19,20)11-25-4-3-21-15(25)10-24-5-7-26(8-6-24)30(28,29)12-1-2-13-14(9-12)23-16(27)22-13/h1-4,9H,5-8,10-11H2,(H2,22,23,27). The number of aromatic nitrogens is 4. The molecule has 3 aromatic rings. The zero-order chi connectivity index (χ0) is 21.5. The minimum Gasteiger partial charge on any atom is -0.325 e. The Hall–Kier alpha value is -2.64. The molecule has 2 N–H and O–H groups in total. The van der Waals surface area contributed by atoms with Crippen LogP contribution in [-0.4, -0.2) is 69.5 Å². The highest BCUT2D eigenvalue weighted by Crippen LogP contribution is 2.22. The van der Waals surface area contributed by atoms with Crippen LogP contribution < -0.4 is 5.69 Å². The number of rotatable bonds is 5. The van der Waals surface area contributed by atoms with Gasteiger partial charge >= 0.3 is 11.9 Å². The molecule has 0 aliphatic carbocycles. The molecule has 1 fully saturated rings. The summed E-state index contributed by atoms with van der Waals surface area (Å²) >= 11 is 0. The zero-order valence-corrected chi connectivity index (χ0v) is 16.5. The van der Waals surface area contributed by atoms with Crippen LogP contribution in [0.4, 0.5) is 13.2 Å². The summed E-state index contributed by atoms with van der Waals surface area (Å²) in [6.45, 7) is 0.213. The van der Waals surface area contributed by atoms with Crippen molar-refractivity contribution in [1.82, 2.24) is 28.7 Å². The van der Waals surface area contributed by atoms with Crippen LogP contribution in [0.5, 0.6) is 0 Å². The number of imidazole rings is 2. The van der Waals surface area contributed by atoms with Crippen molar-refractivity contribution in [3.63, 3.8) is 0 Å². The summed E-state index contributed by atoms with van der Waals surface area (Å²) in [5.74, 6) is 0.283. The van der Waals surface area contributed by atoms with Gasteiger partial charge in [-0.15, -0.1) is 0 Å². The van der Waals surface area contributed by atoms with E-state index in [1.165, 1.54) is 34.9 Å². The highest BCUT2D eigenvalue weighted by molar-refractivity contribution is 7.89. The Kier molecular flexibility index (Phi) is 5.20. The number of sulfonamides is 1. The Labute approximate surface area is 169 Å². The first-order valence-corrected chi connectivity index (χ1v) is 10.6. The summed E-state index contributed by atoms with van der Waals surface area (Å²) in [5, 5.41) is 0. The van der Waals surface area contributed by atoms with E-state index in [9.17, 15) is 26.4 Å². The van der Waals surface area contributed by atoms with E-state index in [0.717, 1.165) is 4.57 Å². The number of nitrogens with one attached hydrogen (secondary N) is 2. The average Bonchev–Trinajstić information content (AvgIpc) is 3.25. The highest BCUT2D eigenvalue weighted by Gasteiger charge is 2.31. The van der Waals surface area contributed by atoms with E-state index >= 15 is 0 Å². The van der Waals surface area contributed by atoms with Gasteiger partial charge in [0.2, 0.25) is 10.0 Å². The highest BCUT2D eigenvalue weighted by atomic mass is 32.2. The van der Waals surface area contributed by atoms with Crippen LogP contribution in [-0.2, 0) is 23.1 Å². The van der Waals surface area contributed by atoms with Crippen molar-refractivity contribution >= 4 is 21.1 Å². The van der Waals surface area contributed by atoms with Gasteiger partial charge in [-0.2, -0.15) is 17.5 Å². The number of benzene rings is 1. The molecule has 1 saturated heterocycles. The van der Waals surface area contributed by atoms with Gasteiger partial charge in [0, 0.05) is 38.6 Å². The topological polar surface area (TPSA) is 107 Å². The minimum atomic E-state index is -4.34. The molecule has 1 aliphatic rings. The van der Waals surface area contributed by atoms with Gasteiger partial charge in [0.15, 0.2) is 0 Å². The minimum absolute atomic E-state index is 0.0689. The van der Waals surface area contributed by atoms with Gasteiger partial charge in [0.05, 0.1) is 22.5 Å². The number of hydrogen-bond acceptors (Lipinski definition) is 5. The van der Waals surface area contributed by atoms with Gasteiger partial charge in [-0.05, 0) is 18.2 Å². The summed E-state index contributed by atoms with van der Waals surface area (Å²) in [5.41, 5.74) is 0.492. The molecule has 162 valence electrons. The fraction of sp³-hybridized carbons (Fsp3) is 0.412. The number of fused-ring (bicyclic) bond motifs is 1. The van der Waals surface area contributed by atoms with Crippen molar-refractivity contribution in [2.24, 2.45) is 0 Å². The lowest BCUT2D eigenvalue weighted by molar-refractivity contribution is -0.141. The number of aromatic amines is 2. The maximum absolute atomic E-state index is 12.9. The molecule has 3 heterocycles. The molecular weight excluding hydrogens is 425 g/mol. The van der Waals surface area contributed by atoms with Crippen LogP contribution in [0.3, 0.4) is 0 Å². The number of H-pyrrole nitrogens is 2. The van der Waals surface area contributed by atoms with E-state index in [1.54, 1.807) is 0 Å². The van der Waals surface area contributed by atoms with Crippen LogP contribution in [0.15, 0.2) is 40.3 Å². The van der Waals surface area contributed by atoms with Crippen molar-refractivity contribution in [2.75, 3.05) is 26.2 Å². The molecule has 0 atom stereocenters. The third kappa shape index (κ3) is 4.27. The third-order valence-corrected chi connectivity index (χ3v) is 6.87. The van der Waals surface area contributed by atoms with Gasteiger partial charge in [-0.1, -0.05) is 0 Å². The van der Waals surface area contributed by atoms with E-state index in [-0.39, 0.29) is 30.4 Å². The van der Waals surface area contributed by atoms with Gasteiger partial charge in [0.25, 0.3) is 0 Å². The molecule has 1 aliphatic heterocycles. The molecule has 1 aromatic carbocycles. The smallest absolute Gasteiger partial charge is 0.325 e. The quantitative estimate of drug-likeness (QED) is 0.614. The van der Waals surface area contributed by atoms with E-state index in [0.29, 0.717) is 24.1 Å². The molecule has 13 heteroatoms. The summed E-state index contributed by atoms with van der Waals surface area (Å²) in [7, 11) is -3.76. The normalized spacial score (nSPS) is 17.0. The second-order valence-electron chi connectivity index (χ2n) is 7.05. The van der Waals surface area contributed by atoms with E-state index < -0.39 is 28.4 Å². The van der Waals surface area contributed by atoms with Gasteiger partial charge in [-0.25, -0.2) is 18.2 Å². The zero-order valence-electron chi connectivity index (χ0n) is 15.7. The summed E-state index contributed by atoms with van der Waals surface area (Å²) in [4.78, 5) is 22.4. The predicted molar refractivity (Wildman–Crippen MR) is 101 cm³/mol. The predicted octanol–water partition coefficient (Wildman–Crippen LogP) is 1.12. The van der Waals surface area contributed by atoms with Crippen LogP contribution in [0, 0.1) is 0 Å². The van der Waals surface area contributed by atoms with Crippen molar-refractivity contribution in [3.05, 3.63) is 46.9 Å². The molecule has 0 bridgehead atoms. The third-order valence-electron chi connectivity index (χ3n) is 4.97. The van der Waals surface area contributed by atoms with Gasteiger partial charge < -0.3 is 14.5 Å². The fourth-order valence-electron chi connectivity index (χ4n) is 3.48. The number of nitrogens with zero attached hydrogens (tertiary/aromatic N) is 4.